The second-order valence-corrected chi connectivity index (χ2v) is 5.25. The van der Waals surface area contributed by atoms with Crippen molar-refractivity contribution in [2.24, 2.45) is 5.73 Å². The lowest BCUT2D eigenvalue weighted by Gasteiger charge is -2.11. The molecule has 0 aliphatic carbocycles. The Morgan fingerprint density at radius 2 is 2.24 bits per heavy atom. The van der Waals surface area contributed by atoms with Crippen LogP contribution in [0, 0.1) is 0 Å². The van der Waals surface area contributed by atoms with Crippen molar-refractivity contribution < 1.29 is 4.79 Å². The number of nitrogens with one attached hydrogen (secondary N) is 1. The van der Waals surface area contributed by atoms with Crippen molar-refractivity contribution in [2.75, 3.05) is 18.8 Å². The molecule has 2 rings (SSSR count). The number of carbonyl (C=O) groups excluding carboxylic acids is 1. The van der Waals surface area contributed by atoms with Crippen molar-refractivity contribution in [3.05, 3.63) is 29.8 Å². The van der Waals surface area contributed by atoms with Gasteiger partial charge < -0.3 is 11.1 Å². The lowest BCUT2D eigenvalue weighted by atomic mass is 10.0. The van der Waals surface area contributed by atoms with E-state index in [0.29, 0.717) is 6.54 Å². The second kappa shape index (κ2) is 6.07. The molecular weight excluding hydrogens is 232 g/mol. The van der Waals surface area contributed by atoms with E-state index in [-0.39, 0.29) is 11.8 Å². The van der Waals surface area contributed by atoms with Crippen molar-refractivity contribution in [2.45, 2.75) is 23.7 Å². The summed E-state index contributed by atoms with van der Waals surface area (Å²) in [5.74, 6) is 1.04. The molecule has 0 saturated carbocycles. The molecule has 17 heavy (non-hydrogen) atoms. The Bertz CT molecular complexity index is 395. The first kappa shape index (κ1) is 12.5. The van der Waals surface area contributed by atoms with Gasteiger partial charge in [-0.2, -0.15) is 0 Å². The van der Waals surface area contributed by atoms with E-state index in [0.717, 1.165) is 25.1 Å². The van der Waals surface area contributed by atoms with Crippen molar-refractivity contribution in [3.8, 4) is 0 Å². The van der Waals surface area contributed by atoms with E-state index in [9.17, 15) is 4.79 Å². The average Bonchev–Trinajstić information content (AvgIpc) is 2.78. The molecule has 1 heterocycles. The molecule has 1 aliphatic heterocycles. The lowest BCUT2D eigenvalue weighted by Crippen LogP contribution is -2.30. The zero-order valence-corrected chi connectivity index (χ0v) is 10.6. The van der Waals surface area contributed by atoms with Gasteiger partial charge >= 0.3 is 0 Å². The molecule has 1 aromatic carbocycles. The minimum atomic E-state index is 0.0223. The number of hydrogen-bond acceptors (Lipinski definition) is 3. The fraction of sp³-hybridized carbons (Fsp3) is 0.462. The average molecular weight is 250 g/mol. The molecular formula is C13H18N2OS. The second-order valence-electron chi connectivity index (χ2n) is 4.19. The Kier molecular flexibility index (Phi) is 4.45. The Morgan fingerprint density at radius 3 is 3.06 bits per heavy atom. The van der Waals surface area contributed by atoms with Crippen LogP contribution in [0.1, 0.15) is 24.3 Å². The number of rotatable bonds is 5. The highest BCUT2D eigenvalue weighted by Crippen LogP contribution is 2.39. The van der Waals surface area contributed by atoms with Crippen LogP contribution in [0.3, 0.4) is 0 Å². The highest BCUT2D eigenvalue weighted by Gasteiger charge is 2.28. The number of unbranched alkanes of at least 4 members (excludes halogenated alkanes) is 1. The minimum Gasteiger partial charge on any atom is -0.356 e. The molecule has 1 amide bonds. The van der Waals surface area contributed by atoms with E-state index in [1.165, 1.54) is 10.5 Å². The van der Waals surface area contributed by atoms with Crippen LogP contribution in [0.15, 0.2) is 29.2 Å². The predicted octanol–water partition coefficient (Wildman–Crippen LogP) is 1.73. The maximum atomic E-state index is 12.0. The van der Waals surface area contributed by atoms with E-state index in [1.54, 1.807) is 11.8 Å². The number of benzene rings is 1. The molecule has 1 unspecified atom stereocenters. The number of fused-ring (bicyclic) bond motifs is 1. The minimum absolute atomic E-state index is 0.0223. The largest absolute Gasteiger partial charge is 0.356 e. The normalized spacial score (nSPS) is 17.8. The van der Waals surface area contributed by atoms with E-state index in [1.807, 2.05) is 12.1 Å². The molecule has 1 aromatic rings. The van der Waals surface area contributed by atoms with Crippen LogP contribution in [0.25, 0.3) is 0 Å². The Balaban J connectivity index is 1.89. The third-order valence-electron chi connectivity index (χ3n) is 2.95. The van der Waals surface area contributed by atoms with Gasteiger partial charge in [-0.05, 0) is 31.0 Å². The zero-order chi connectivity index (χ0) is 12.1. The lowest BCUT2D eigenvalue weighted by molar-refractivity contribution is -0.122. The van der Waals surface area contributed by atoms with Gasteiger partial charge in [0.2, 0.25) is 5.91 Å². The molecule has 0 radical (unpaired) electrons. The van der Waals surface area contributed by atoms with Gasteiger partial charge in [-0.25, -0.2) is 0 Å². The molecule has 3 N–H and O–H groups in total. The van der Waals surface area contributed by atoms with Gasteiger partial charge in [0.05, 0.1) is 5.92 Å². The van der Waals surface area contributed by atoms with Crippen molar-refractivity contribution in [1.29, 1.82) is 0 Å². The molecule has 0 fully saturated rings. The summed E-state index contributed by atoms with van der Waals surface area (Å²) in [6, 6.07) is 8.16. The predicted molar refractivity (Wildman–Crippen MR) is 71.2 cm³/mol. The van der Waals surface area contributed by atoms with Crippen LogP contribution in [-0.2, 0) is 4.79 Å². The first-order valence-corrected chi connectivity index (χ1v) is 7.01. The molecule has 0 spiro atoms. The van der Waals surface area contributed by atoms with Crippen molar-refractivity contribution >= 4 is 17.7 Å². The van der Waals surface area contributed by atoms with Crippen LogP contribution in [0.2, 0.25) is 0 Å². The van der Waals surface area contributed by atoms with Gasteiger partial charge in [0.15, 0.2) is 0 Å². The SMILES string of the molecule is NCCCCNC(=O)C1CSc2ccccc21. The van der Waals surface area contributed by atoms with Gasteiger partial charge in [-0.1, -0.05) is 18.2 Å². The number of thioether (sulfide) groups is 1. The number of hydrogen-bond donors (Lipinski definition) is 2. The number of nitrogens with two attached hydrogens (primary N) is 1. The summed E-state index contributed by atoms with van der Waals surface area (Å²) < 4.78 is 0. The topological polar surface area (TPSA) is 55.1 Å². The third-order valence-corrected chi connectivity index (χ3v) is 4.13. The Morgan fingerprint density at radius 1 is 1.41 bits per heavy atom. The first-order valence-electron chi connectivity index (χ1n) is 6.02. The molecule has 0 bridgehead atoms. The molecule has 1 aliphatic rings. The van der Waals surface area contributed by atoms with Crippen LogP contribution in [0.5, 0.6) is 0 Å². The number of carbonyl (C=O) groups is 1. The van der Waals surface area contributed by atoms with Gasteiger partial charge in [-0.15, -0.1) is 11.8 Å². The zero-order valence-electron chi connectivity index (χ0n) is 9.82. The summed E-state index contributed by atoms with van der Waals surface area (Å²) in [6.45, 7) is 1.43. The van der Waals surface area contributed by atoms with Crippen molar-refractivity contribution in [1.82, 2.24) is 5.32 Å². The molecule has 1 atom stereocenters. The third kappa shape index (κ3) is 3.01. The Labute approximate surface area is 106 Å². The summed E-state index contributed by atoms with van der Waals surface area (Å²) >= 11 is 1.77. The van der Waals surface area contributed by atoms with E-state index >= 15 is 0 Å². The monoisotopic (exact) mass is 250 g/mol. The highest BCUT2D eigenvalue weighted by molar-refractivity contribution is 7.99. The van der Waals surface area contributed by atoms with Gasteiger partial charge in [0, 0.05) is 17.2 Å². The van der Waals surface area contributed by atoms with Crippen LogP contribution in [-0.4, -0.2) is 24.7 Å². The van der Waals surface area contributed by atoms with Gasteiger partial charge in [0.25, 0.3) is 0 Å². The fourth-order valence-electron chi connectivity index (χ4n) is 1.98. The molecule has 4 heteroatoms. The fourth-order valence-corrected chi connectivity index (χ4v) is 3.21. The molecule has 92 valence electrons. The van der Waals surface area contributed by atoms with E-state index in [2.05, 4.69) is 17.4 Å². The quantitative estimate of drug-likeness (QED) is 0.783. The first-order chi connectivity index (χ1) is 8.33. The highest BCUT2D eigenvalue weighted by atomic mass is 32.2. The van der Waals surface area contributed by atoms with Gasteiger partial charge in [0.1, 0.15) is 0 Å². The summed E-state index contributed by atoms with van der Waals surface area (Å²) in [7, 11) is 0. The van der Waals surface area contributed by atoms with E-state index in [4.69, 9.17) is 5.73 Å². The molecule has 0 aromatic heterocycles. The van der Waals surface area contributed by atoms with Crippen LogP contribution >= 0.6 is 11.8 Å². The number of amides is 1. The molecule has 0 saturated heterocycles. The Hall–Kier alpha value is -1.00. The van der Waals surface area contributed by atoms with Crippen LogP contribution < -0.4 is 11.1 Å². The van der Waals surface area contributed by atoms with Crippen molar-refractivity contribution in [3.63, 3.8) is 0 Å². The van der Waals surface area contributed by atoms with E-state index < -0.39 is 0 Å². The summed E-state index contributed by atoms with van der Waals surface area (Å²) in [5.41, 5.74) is 6.59. The summed E-state index contributed by atoms with van der Waals surface area (Å²) in [5, 5.41) is 2.99. The van der Waals surface area contributed by atoms with Crippen LogP contribution in [0.4, 0.5) is 0 Å². The molecule has 3 nitrogen and oxygen atoms in total. The smallest absolute Gasteiger partial charge is 0.228 e. The summed E-state index contributed by atoms with van der Waals surface area (Å²) in [4.78, 5) is 13.3. The maximum absolute atomic E-state index is 12.0. The summed E-state index contributed by atoms with van der Waals surface area (Å²) in [6.07, 6.45) is 1.93. The standard InChI is InChI=1S/C13H18N2OS/c14-7-3-4-8-15-13(16)11-9-17-12-6-2-1-5-10(11)12/h1-2,5-6,11H,3-4,7-9,14H2,(H,15,16). The van der Waals surface area contributed by atoms with Gasteiger partial charge in [-0.3, -0.25) is 4.79 Å². The maximum Gasteiger partial charge on any atom is 0.228 e.